The quantitative estimate of drug-likeness (QED) is 0.327. The molecule has 0 radical (unpaired) electrons. The second-order valence-corrected chi connectivity index (χ2v) is 10.5. The van der Waals surface area contributed by atoms with Crippen molar-refractivity contribution in [1.82, 2.24) is 0 Å². The standard InChI is InChI=1S/C34H25FN2O4/c1-41-22-17-14-21(15-18-22)31(38)29-30(32(39)23-9-3-5-11-25(23)35)37-27-13-7-2-8-20(27)16-19-28(37)34(29)24-10-4-6-12-26(24)36-33(34)40/h2-19,28-30H,1H3,(H,36,40)/t28-,29-,30-,34+/m1/s1. The van der Waals surface area contributed by atoms with Crippen LogP contribution < -0.4 is 15.0 Å². The first kappa shape index (κ1) is 25.0. The van der Waals surface area contributed by atoms with Crippen molar-refractivity contribution in [3.8, 4) is 5.75 Å². The first-order valence-electron chi connectivity index (χ1n) is 13.4. The molecule has 4 aromatic carbocycles. The summed E-state index contributed by atoms with van der Waals surface area (Å²) in [4.78, 5) is 45.4. The van der Waals surface area contributed by atoms with Gasteiger partial charge in [0.1, 0.15) is 23.0 Å². The van der Waals surface area contributed by atoms with E-state index in [1.54, 1.807) is 36.4 Å². The number of amides is 1. The Morgan fingerprint density at radius 3 is 2.37 bits per heavy atom. The van der Waals surface area contributed by atoms with Crippen LogP contribution in [0, 0.1) is 11.7 Å². The molecule has 0 bridgehead atoms. The summed E-state index contributed by atoms with van der Waals surface area (Å²) in [6, 6.07) is 25.4. The number of halogens is 1. The van der Waals surface area contributed by atoms with Gasteiger partial charge in [0.05, 0.1) is 24.6 Å². The number of nitrogens with zero attached hydrogens (tertiary/aromatic N) is 1. The van der Waals surface area contributed by atoms with Crippen LogP contribution >= 0.6 is 0 Å². The van der Waals surface area contributed by atoms with Gasteiger partial charge in [0, 0.05) is 16.9 Å². The average molecular weight is 545 g/mol. The van der Waals surface area contributed by atoms with Crippen molar-refractivity contribution in [2.24, 2.45) is 5.92 Å². The van der Waals surface area contributed by atoms with Crippen molar-refractivity contribution in [1.29, 1.82) is 0 Å². The third-order valence-electron chi connectivity index (χ3n) is 8.61. The number of benzene rings is 4. The van der Waals surface area contributed by atoms with Gasteiger partial charge < -0.3 is 15.0 Å². The zero-order valence-electron chi connectivity index (χ0n) is 22.1. The van der Waals surface area contributed by atoms with Crippen LogP contribution in [0.3, 0.4) is 0 Å². The van der Waals surface area contributed by atoms with Gasteiger partial charge in [-0.05, 0) is 59.7 Å². The first-order chi connectivity index (χ1) is 20.0. The van der Waals surface area contributed by atoms with Crippen LogP contribution in [0.2, 0.25) is 0 Å². The zero-order valence-corrected chi connectivity index (χ0v) is 22.1. The average Bonchev–Trinajstić information content (AvgIpc) is 3.49. The van der Waals surface area contributed by atoms with Crippen molar-refractivity contribution >= 4 is 34.9 Å². The first-order valence-corrected chi connectivity index (χ1v) is 13.4. The zero-order chi connectivity index (χ0) is 28.3. The Morgan fingerprint density at radius 1 is 0.878 bits per heavy atom. The van der Waals surface area contributed by atoms with Crippen molar-refractivity contribution < 1.29 is 23.5 Å². The number of methoxy groups -OCH3 is 1. The second-order valence-electron chi connectivity index (χ2n) is 10.5. The molecule has 3 aliphatic heterocycles. The highest BCUT2D eigenvalue weighted by molar-refractivity contribution is 6.18. The summed E-state index contributed by atoms with van der Waals surface area (Å²) in [7, 11) is 1.54. The predicted molar refractivity (Wildman–Crippen MR) is 154 cm³/mol. The van der Waals surface area contributed by atoms with Crippen LogP contribution in [-0.4, -0.2) is 36.7 Å². The molecular formula is C34H25FN2O4. The number of ether oxygens (including phenoxy) is 1. The van der Waals surface area contributed by atoms with Crippen molar-refractivity contribution in [2.75, 3.05) is 17.3 Å². The fourth-order valence-corrected chi connectivity index (χ4v) is 6.87. The minimum absolute atomic E-state index is 0.125. The van der Waals surface area contributed by atoms with Gasteiger partial charge in [0.15, 0.2) is 11.6 Å². The molecule has 1 saturated heterocycles. The summed E-state index contributed by atoms with van der Waals surface area (Å²) in [6.07, 6.45) is 3.82. The molecule has 1 amide bonds. The Hall–Kier alpha value is -5.04. The van der Waals surface area contributed by atoms with E-state index in [0.717, 1.165) is 5.56 Å². The summed E-state index contributed by atoms with van der Waals surface area (Å²) in [5.74, 6) is -2.59. The lowest BCUT2D eigenvalue weighted by molar-refractivity contribution is -0.121. The number of para-hydroxylation sites is 2. The fourth-order valence-electron chi connectivity index (χ4n) is 6.87. The lowest BCUT2D eigenvalue weighted by Gasteiger charge is -2.37. The van der Waals surface area contributed by atoms with E-state index < -0.39 is 35.0 Å². The molecule has 0 aliphatic carbocycles. The van der Waals surface area contributed by atoms with E-state index in [-0.39, 0.29) is 17.3 Å². The van der Waals surface area contributed by atoms with E-state index in [2.05, 4.69) is 5.32 Å². The molecule has 6 nitrogen and oxygen atoms in total. The van der Waals surface area contributed by atoms with Gasteiger partial charge in [-0.15, -0.1) is 0 Å². The normalized spacial score (nSPS) is 23.5. The third kappa shape index (κ3) is 3.45. The summed E-state index contributed by atoms with van der Waals surface area (Å²) in [5, 5.41) is 3.00. The molecular weight excluding hydrogens is 519 g/mol. The minimum Gasteiger partial charge on any atom is -0.497 e. The third-order valence-corrected chi connectivity index (χ3v) is 8.61. The Labute approximate surface area is 236 Å². The number of hydrogen-bond donors (Lipinski definition) is 1. The monoisotopic (exact) mass is 544 g/mol. The largest absolute Gasteiger partial charge is 0.497 e. The molecule has 3 heterocycles. The van der Waals surface area contributed by atoms with Crippen LogP contribution in [-0.2, 0) is 10.2 Å². The highest BCUT2D eigenvalue weighted by atomic mass is 19.1. The topological polar surface area (TPSA) is 75.7 Å². The summed E-state index contributed by atoms with van der Waals surface area (Å²) < 4.78 is 20.5. The molecule has 1 fully saturated rings. The van der Waals surface area contributed by atoms with Crippen LogP contribution in [0.5, 0.6) is 5.75 Å². The van der Waals surface area contributed by atoms with E-state index in [0.29, 0.717) is 28.3 Å². The molecule has 1 N–H and O–H groups in total. The molecule has 0 aromatic heterocycles. The predicted octanol–water partition coefficient (Wildman–Crippen LogP) is 5.69. The van der Waals surface area contributed by atoms with Gasteiger partial charge in [0.25, 0.3) is 0 Å². The molecule has 4 aromatic rings. The number of ketones is 2. The maximum atomic E-state index is 15.2. The lowest BCUT2D eigenvalue weighted by atomic mass is 9.64. The smallest absolute Gasteiger partial charge is 0.238 e. The number of fused-ring (bicyclic) bond motifs is 6. The van der Waals surface area contributed by atoms with Crippen molar-refractivity contribution in [3.63, 3.8) is 0 Å². The van der Waals surface area contributed by atoms with E-state index in [9.17, 15) is 14.4 Å². The van der Waals surface area contributed by atoms with E-state index in [1.165, 1.54) is 25.3 Å². The van der Waals surface area contributed by atoms with E-state index >= 15 is 4.39 Å². The molecule has 41 heavy (non-hydrogen) atoms. The Balaban J connectivity index is 1.53. The molecule has 7 heteroatoms. The van der Waals surface area contributed by atoms with Gasteiger partial charge in [0.2, 0.25) is 5.91 Å². The molecule has 0 saturated carbocycles. The van der Waals surface area contributed by atoms with Crippen LogP contribution in [0.4, 0.5) is 15.8 Å². The molecule has 0 unspecified atom stereocenters. The maximum Gasteiger partial charge on any atom is 0.238 e. The Bertz CT molecular complexity index is 1760. The lowest BCUT2D eigenvalue weighted by Crippen LogP contribution is -2.51. The number of rotatable bonds is 5. The van der Waals surface area contributed by atoms with Crippen LogP contribution in [0.1, 0.15) is 31.8 Å². The minimum atomic E-state index is -1.46. The molecule has 3 aliphatic rings. The molecule has 1 spiro atoms. The van der Waals surface area contributed by atoms with Crippen molar-refractivity contribution in [3.05, 3.63) is 131 Å². The number of nitrogens with one attached hydrogen (secondary N) is 1. The second kappa shape index (κ2) is 9.27. The Morgan fingerprint density at radius 2 is 1.59 bits per heavy atom. The number of carbonyl (C=O) groups is 3. The molecule has 202 valence electrons. The van der Waals surface area contributed by atoms with Gasteiger partial charge in [-0.25, -0.2) is 4.39 Å². The van der Waals surface area contributed by atoms with Crippen molar-refractivity contribution in [2.45, 2.75) is 17.5 Å². The molecule has 7 rings (SSSR count). The van der Waals surface area contributed by atoms with E-state index in [4.69, 9.17) is 4.74 Å². The molecule has 4 atom stereocenters. The fraction of sp³-hybridized carbons (Fsp3) is 0.147. The number of hydrogen-bond acceptors (Lipinski definition) is 5. The highest BCUT2D eigenvalue weighted by Gasteiger charge is 2.70. The Kier molecular flexibility index (Phi) is 5.64. The SMILES string of the molecule is COc1ccc(C(=O)[C@H]2[C@H](C(=O)c3ccccc3F)N3c4ccccc4C=C[C@@H]3[C@]23C(=O)Nc2ccccc23)cc1. The number of anilines is 2. The van der Waals surface area contributed by atoms with Gasteiger partial charge in [-0.1, -0.05) is 60.7 Å². The summed E-state index contributed by atoms with van der Waals surface area (Å²) >= 11 is 0. The van der Waals surface area contributed by atoms with Gasteiger partial charge in [-0.2, -0.15) is 0 Å². The maximum absolute atomic E-state index is 15.2. The van der Waals surface area contributed by atoms with Gasteiger partial charge in [-0.3, -0.25) is 14.4 Å². The highest BCUT2D eigenvalue weighted by Crippen LogP contribution is 2.58. The summed E-state index contributed by atoms with van der Waals surface area (Å²) in [5.41, 5.74) is 1.53. The van der Waals surface area contributed by atoms with Crippen LogP contribution in [0.15, 0.2) is 103 Å². The number of Topliss-reactive ketones (excluding diaryl/α,β-unsaturated/α-hetero) is 2. The van der Waals surface area contributed by atoms with Crippen LogP contribution in [0.25, 0.3) is 6.08 Å². The number of carbonyl (C=O) groups excluding carboxylic acids is 3. The van der Waals surface area contributed by atoms with Gasteiger partial charge >= 0.3 is 0 Å². The van der Waals surface area contributed by atoms with E-state index in [1.807, 2.05) is 59.5 Å². The summed E-state index contributed by atoms with van der Waals surface area (Å²) in [6.45, 7) is 0.